The molecular weight excluding hydrogens is 230 g/mol. The number of rotatable bonds is 1. The van der Waals surface area contributed by atoms with E-state index in [1.807, 2.05) is 0 Å². The Morgan fingerprint density at radius 2 is 1.56 bits per heavy atom. The predicted octanol–water partition coefficient (Wildman–Crippen LogP) is 4.59. The molecule has 0 heterocycles. The molecule has 0 bridgehead atoms. The smallest absolute Gasteiger partial charge is 0.135 e. The SMILES string of the molecule is Cc1ccc(Cl)c(-c2ccc(F)cc2)c1F. The molecule has 0 fully saturated rings. The van der Waals surface area contributed by atoms with Crippen molar-refractivity contribution in [1.82, 2.24) is 0 Å². The molecule has 2 rings (SSSR count). The zero-order valence-electron chi connectivity index (χ0n) is 8.60. The minimum atomic E-state index is -0.362. The summed E-state index contributed by atoms with van der Waals surface area (Å²) >= 11 is 5.94. The van der Waals surface area contributed by atoms with Gasteiger partial charge in [-0.1, -0.05) is 29.8 Å². The van der Waals surface area contributed by atoms with E-state index < -0.39 is 0 Å². The van der Waals surface area contributed by atoms with Gasteiger partial charge in [-0.3, -0.25) is 0 Å². The van der Waals surface area contributed by atoms with E-state index in [4.69, 9.17) is 11.6 Å². The van der Waals surface area contributed by atoms with Gasteiger partial charge in [-0.25, -0.2) is 8.78 Å². The highest BCUT2D eigenvalue weighted by Gasteiger charge is 2.11. The quantitative estimate of drug-likeness (QED) is 0.682. The third kappa shape index (κ3) is 1.93. The van der Waals surface area contributed by atoms with Gasteiger partial charge in [0.05, 0.1) is 5.02 Å². The van der Waals surface area contributed by atoms with Gasteiger partial charge in [0, 0.05) is 5.56 Å². The molecule has 0 aromatic heterocycles. The van der Waals surface area contributed by atoms with Crippen LogP contribution >= 0.6 is 11.6 Å². The van der Waals surface area contributed by atoms with E-state index >= 15 is 0 Å². The number of halogens is 3. The second-order valence-corrected chi connectivity index (χ2v) is 3.97. The first-order chi connectivity index (χ1) is 7.59. The molecule has 0 N–H and O–H groups in total. The van der Waals surface area contributed by atoms with Gasteiger partial charge in [0.1, 0.15) is 11.6 Å². The fourth-order valence-corrected chi connectivity index (χ4v) is 1.79. The van der Waals surface area contributed by atoms with Crippen molar-refractivity contribution in [3.05, 3.63) is 58.6 Å². The van der Waals surface area contributed by atoms with Gasteiger partial charge >= 0.3 is 0 Å². The van der Waals surface area contributed by atoms with Crippen LogP contribution in [0.15, 0.2) is 36.4 Å². The average molecular weight is 239 g/mol. The fraction of sp³-hybridized carbons (Fsp3) is 0.0769. The summed E-state index contributed by atoms with van der Waals surface area (Å²) in [7, 11) is 0. The van der Waals surface area contributed by atoms with Gasteiger partial charge in [0.15, 0.2) is 0 Å². The number of benzene rings is 2. The Labute approximate surface area is 97.5 Å². The van der Waals surface area contributed by atoms with E-state index in [-0.39, 0.29) is 11.6 Å². The molecule has 0 nitrogen and oxygen atoms in total. The first-order valence-electron chi connectivity index (χ1n) is 4.80. The van der Waals surface area contributed by atoms with Crippen molar-refractivity contribution in [2.45, 2.75) is 6.92 Å². The summed E-state index contributed by atoms with van der Waals surface area (Å²) in [6.07, 6.45) is 0. The summed E-state index contributed by atoms with van der Waals surface area (Å²) in [6, 6.07) is 8.85. The Balaban J connectivity index is 2.63. The second-order valence-electron chi connectivity index (χ2n) is 3.56. The Bertz CT molecular complexity index is 518. The van der Waals surface area contributed by atoms with Crippen LogP contribution in [0.25, 0.3) is 11.1 Å². The van der Waals surface area contributed by atoms with E-state index in [0.29, 0.717) is 21.7 Å². The van der Waals surface area contributed by atoms with Crippen molar-refractivity contribution in [2.75, 3.05) is 0 Å². The molecule has 0 aliphatic carbocycles. The van der Waals surface area contributed by atoms with Crippen LogP contribution in [-0.4, -0.2) is 0 Å². The molecule has 0 radical (unpaired) electrons. The lowest BCUT2D eigenvalue weighted by Gasteiger charge is -2.08. The van der Waals surface area contributed by atoms with Gasteiger partial charge in [-0.15, -0.1) is 0 Å². The van der Waals surface area contributed by atoms with Crippen LogP contribution in [0.5, 0.6) is 0 Å². The summed E-state index contributed by atoms with van der Waals surface area (Å²) in [5.41, 5.74) is 1.41. The molecular formula is C13H9ClF2. The molecule has 16 heavy (non-hydrogen) atoms. The van der Waals surface area contributed by atoms with Gasteiger partial charge in [-0.2, -0.15) is 0 Å². The van der Waals surface area contributed by atoms with E-state index in [1.165, 1.54) is 24.3 Å². The molecule has 82 valence electrons. The highest BCUT2D eigenvalue weighted by Crippen LogP contribution is 2.32. The van der Waals surface area contributed by atoms with E-state index in [1.54, 1.807) is 19.1 Å². The number of hydrogen-bond acceptors (Lipinski definition) is 0. The largest absolute Gasteiger partial charge is 0.207 e. The topological polar surface area (TPSA) is 0 Å². The van der Waals surface area contributed by atoms with Crippen LogP contribution in [0, 0.1) is 18.6 Å². The lowest BCUT2D eigenvalue weighted by Crippen LogP contribution is -1.90. The van der Waals surface area contributed by atoms with Crippen molar-refractivity contribution >= 4 is 11.6 Å². The molecule has 0 amide bonds. The van der Waals surface area contributed by atoms with E-state index in [9.17, 15) is 8.78 Å². The fourth-order valence-electron chi connectivity index (χ4n) is 1.54. The third-order valence-corrected chi connectivity index (χ3v) is 2.73. The maximum Gasteiger partial charge on any atom is 0.135 e. The molecule has 3 heteroatoms. The van der Waals surface area contributed by atoms with Crippen molar-refractivity contribution in [3.8, 4) is 11.1 Å². The first-order valence-corrected chi connectivity index (χ1v) is 5.18. The molecule has 0 saturated heterocycles. The van der Waals surface area contributed by atoms with Crippen LogP contribution in [0.2, 0.25) is 5.02 Å². The molecule has 0 spiro atoms. The zero-order valence-corrected chi connectivity index (χ0v) is 9.35. The minimum absolute atomic E-state index is 0.321. The molecule has 0 aliphatic rings. The number of hydrogen-bond donors (Lipinski definition) is 0. The normalized spacial score (nSPS) is 10.5. The van der Waals surface area contributed by atoms with Gasteiger partial charge < -0.3 is 0 Å². The van der Waals surface area contributed by atoms with Crippen LogP contribution in [0.3, 0.4) is 0 Å². The molecule has 0 unspecified atom stereocenters. The van der Waals surface area contributed by atoms with Crippen LogP contribution in [-0.2, 0) is 0 Å². The van der Waals surface area contributed by atoms with Gasteiger partial charge in [-0.05, 0) is 36.2 Å². The summed E-state index contributed by atoms with van der Waals surface area (Å²) < 4.78 is 26.6. The summed E-state index contributed by atoms with van der Waals surface area (Å²) in [5.74, 6) is -0.716. The van der Waals surface area contributed by atoms with Crippen molar-refractivity contribution < 1.29 is 8.78 Å². The Morgan fingerprint density at radius 1 is 0.938 bits per heavy atom. The molecule has 0 saturated carbocycles. The van der Waals surface area contributed by atoms with Gasteiger partial charge in [0.2, 0.25) is 0 Å². The minimum Gasteiger partial charge on any atom is -0.207 e. The standard InChI is InChI=1S/C13H9ClF2/c1-8-2-7-11(14)12(13(8)16)9-3-5-10(15)6-4-9/h2-7H,1H3. The highest BCUT2D eigenvalue weighted by atomic mass is 35.5. The van der Waals surface area contributed by atoms with Crippen LogP contribution < -0.4 is 0 Å². The maximum atomic E-state index is 13.9. The second kappa shape index (κ2) is 4.22. The van der Waals surface area contributed by atoms with Crippen molar-refractivity contribution in [3.63, 3.8) is 0 Å². The monoisotopic (exact) mass is 238 g/mol. The van der Waals surface area contributed by atoms with Crippen LogP contribution in [0.1, 0.15) is 5.56 Å². The molecule has 0 atom stereocenters. The van der Waals surface area contributed by atoms with Crippen LogP contribution in [0.4, 0.5) is 8.78 Å². The lowest BCUT2D eigenvalue weighted by atomic mass is 10.0. The van der Waals surface area contributed by atoms with Gasteiger partial charge in [0.25, 0.3) is 0 Å². The lowest BCUT2D eigenvalue weighted by molar-refractivity contribution is 0.620. The van der Waals surface area contributed by atoms with E-state index in [0.717, 1.165) is 0 Å². The molecule has 2 aromatic rings. The van der Waals surface area contributed by atoms with E-state index in [2.05, 4.69) is 0 Å². The number of aryl methyl sites for hydroxylation is 1. The third-order valence-electron chi connectivity index (χ3n) is 2.42. The molecule has 0 aliphatic heterocycles. The van der Waals surface area contributed by atoms with Crippen molar-refractivity contribution in [2.24, 2.45) is 0 Å². The first kappa shape index (κ1) is 11.1. The average Bonchev–Trinajstić information content (AvgIpc) is 2.27. The Kier molecular flexibility index (Phi) is 2.92. The highest BCUT2D eigenvalue weighted by molar-refractivity contribution is 6.33. The predicted molar refractivity (Wildman–Crippen MR) is 61.5 cm³/mol. The summed E-state index contributed by atoms with van der Waals surface area (Å²) in [5, 5.41) is 0.328. The zero-order chi connectivity index (χ0) is 11.7. The summed E-state index contributed by atoms with van der Waals surface area (Å²) in [6.45, 7) is 1.67. The Hall–Kier alpha value is -1.41. The molecule has 2 aromatic carbocycles. The van der Waals surface area contributed by atoms with Crippen molar-refractivity contribution in [1.29, 1.82) is 0 Å². The summed E-state index contributed by atoms with van der Waals surface area (Å²) in [4.78, 5) is 0. The Morgan fingerprint density at radius 3 is 2.19 bits per heavy atom. The maximum absolute atomic E-state index is 13.9.